The van der Waals surface area contributed by atoms with Crippen LogP contribution in [0.25, 0.3) is 0 Å². The second-order valence-corrected chi connectivity index (χ2v) is 5.83. The van der Waals surface area contributed by atoms with E-state index in [1.54, 1.807) is 6.20 Å². The van der Waals surface area contributed by atoms with Crippen LogP contribution in [0.1, 0.15) is 19.4 Å². The molecule has 0 saturated carbocycles. The number of aliphatic carboxylic acids is 1. The molecule has 2 heterocycles. The van der Waals surface area contributed by atoms with Crippen molar-refractivity contribution in [3.05, 3.63) is 30.1 Å². The van der Waals surface area contributed by atoms with E-state index in [4.69, 9.17) is 0 Å². The first-order chi connectivity index (χ1) is 8.96. The Morgan fingerprint density at radius 3 is 3.05 bits per heavy atom. The third kappa shape index (κ3) is 4.01. The summed E-state index contributed by atoms with van der Waals surface area (Å²) in [6.07, 6.45) is 3.58. The summed E-state index contributed by atoms with van der Waals surface area (Å²) in [6.45, 7) is 6.86. The number of carboxylic acids is 1. The quantitative estimate of drug-likeness (QED) is 0.850. The Balaban J connectivity index is 2.10. The molecule has 2 rings (SSSR count). The van der Waals surface area contributed by atoms with E-state index in [1.807, 2.05) is 18.3 Å². The maximum atomic E-state index is 11.2. The first-order valence-corrected chi connectivity index (χ1v) is 6.55. The molecule has 19 heavy (non-hydrogen) atoms. The Hall–Kier alpha value is -1.46. The topological polar surface area (TPSA) is 65.5 Å². The van der Waals surface area contributed by atoms with Crippen molar-refractivity contribution in [1.29, 1.82) is 0 Å². The van der Waals surface area contributed by atoms with Gasteiger partial charge in [0, 0.05) is 44.1 Å². The summed E-state index contributed by atoms with van der Waals surface area (Å²) in [4.78, 5) is 17.5. The number of hydrogen-bond donors (Lipinski definition) is 2. The van der Waals surface area contributed by atoms with Gasteiger partial charge in [-0.25, -0.2) is 0 Å². The third-order valence-corrected chi connectivity index (χ3v) is 3.40. The Kier molecular flexibility index (Phi) is 4.17. The molecule has 1 aliphatic rings. The lowest BCUT2D eigenvalue weighted by Gasteiger charge is -2.29. The van der Waals surface area contributed by atoms with Gasteiger partial charge in [0.05, 0.1) is 5.92 Å². The molecule has 1 aromatic rings. The van der Waals surface area contributed by atoms with Gasteiger partial charge in [-0.15, -0.1) is 0 Å². The zero-order valence-electron chi connectivity index (χ0n) is 11.5. The molecule has 5 nitrogen and oxygen atoms in total. The van der Waals surface area contributed by atoms with Crippen LogP contribution in [0.15, 0.2) is 24.5 Å². The molecule has 1 fully saturated rings. The standard InChI is InChI=1S/C14H21N3O2/c1-14(2)10-17(8-11-4-3-5-15-6-11)9-12(7-16-14)13(18)19/h3-6,12,16H,7-10H2,1-2H3,(H,18,19). The van der Waals surface area contributed by atoms with Crippen molar-refractivity contribution >= 4 is 5.97 Å². The maximum Gasteiger partial charge on any atom is 0.309 e. The monoisotopic (exact) mass is 263 g/mol. The van der Waals surface area contributed by atoms with Gasteiger partial charge < -0.3 is 10.4 Å². The van der Waals surface area contributed by atoms with Crippen LogP contribution in [0.3, 0.4) is 0 Å². The van der Waals surface area contributed by atoms with Gasteiger partial charge in [-0.3, -0.25) is 14.7 Å². The number of aromatic nitrogens is 1. The van der Waals surface area contributed by atoms with Gasteiger partial charge in [-0.05, 0) is 25.5 Å². The van der Waals surface area contributed by atoms with Crippen molar-refractivity contribution < 1.29 is 9.90 Å². The van der Waals surface area contributed by atoms with Crippen molar-refractivity contribution in [3.8, 4) is 0 Å². The van der Waals surface area contributed by atoms with E-state index in [9.17, 15) is 9.90 Å². The van der Waals surface area contributed by atoms with Gasteiger partial charge in [0.25, 0.3) is 0 Å². The van der Waals surface area contributed by atoms with Gasteiger partial charge in [-0.2, -0.15) is 0 Å². The summed E-state index contributed by atoms with van der Waals surface area (Å²) in [5.74, 6) is -1.10. The fraction of sp³-hybridized carbons (Fsp3) is 0.571. The molecule has 0 aromatic carbocycles. The number of nitrogens with zero attached hydrogens (tertiary/aromatic N) is 2. The molecule has 104 valence electrons. The lowest BCUT2D eigenvalue weighted by Crippen LogP contribution is -2.46. The number of pyridine rings is 1. The zero-order valence-corrected chi connectivity index (χ0v) is 11.5. The molecular weight excluding hydrogens is 242 g/mol. The van der Waals surface area contributed by atoms with Crippen LogP contribution in [-0.2, 0) is 11.3 Å². The summed E-state index contributed by atoms with van der Waals surface area (Å²) in [5.41, 5.74) is 1.04. The average Bonchev–Trinajstić information content (AvgIpc) is 2.49. The molecule has 0 amide bonds. The summed E-state index contributed by atoms with van der Waals surface area (Å²) in [5, 5.41) is 12.6. The second kappa shape index (κ2) is 5.67. The van der Waals surface area contributed by atoms with E-state index < -0.39 is 5.97 Å². The molecule has 1 atom stereocenters. The minimum absolute atomic E-state index is 0.0770. The van der Waals surface area contributed by atoms with E-state index in [0.717, 1.165) is 18.7 Å². The predicted octanol–water partition coefficient (Wildman–Crippen LogP) is 0.966. The summed E-state index contributed by atoms with van der Waals surface area (Å²) < 4.78 is 0. The molecule has 0 aliphatic carbocycles. The first-order valence-electron chi connectivity index (χ1n) is 6.55. The molecule has 0 spiro atoms. The van der Waals surface area contributed by atoms with Crippen molar-refractivity contribution in [2.75, 3.05) is 19.6 Å². The van der Waals surface area contributed by atoms with E-state index in [1.165, 1.54) is 0 Å². The SMILES string of the molecule is CC1(C)CN(Cc2cccnc2)CC(C(=O)O)CN1. The van der Waals surface area contributed by atoms with Crippen molar-refractivity contribution in [2.45, 2.75) is 25.9 Å². The van der Waals surface area contributed by atoms with Crippen LogP contribution in [-0.4, -0.2) is 46.1 Å². The van der Waals surface area contributed by atoms with Gasteiger partial charge in [0.1, 0.15) is 0 Å². The molecule has 1 unspecified atom stereocenters. The smallest absolute Gasteiger partial charge is 0.309 e. The number of carbonyl (C=O) groups is 1. The lowest BCUT2D eigenvalue weighted by molar-refractivity contribution is -0.142. The number of nitrogens with one attached hydrogen (secondary N) is 1. The molecule has 5 heteroatoms. The highest BCUT2D eigenvalue weighted by molar-refractivity contribution is 5.70. The van der Waals surface area contributed by atoms with Crippen molar-refractivity contribution in [3.63, 3.8) is 0 Å². The largest absolute Gasteiger partial charge is 0.481 e. The molecule has 1 saturated heterocycles. The number of carboxylic acid groups (broad SMARTS) is 1. The summed E-state index contributed by atoms with van der Waals surface area (Å²) in [7, 11) is 0. The van der Waals surface area contributed by atoms with Crippen LogP contribution in [0.2, 0.25) is 0 Å². The molecule has 0 radical (unpaired) electrons. The van der Waals surface area contributed by atoms with Crippen LogP contribution in [0.5, 0.6) is 0 Å². The normalized spacial score (nSPS) is 23.8. The Bertz CT molecular complexity index is 434. The Labute approximate surface area is 113 Å². The van der Waals surface area contributed by atoms with E-state index in [-0.39, 0.29) is 11.5 Å². The fourth-order valence-corrected chi connectivity index (χ4v) is 2.49. The van der Waals surface area contributed by atoms with Gasteiger partial charge >= 0.3 is 5.97 Å². The highest BCUT2D eigenvalue weighted by atomic mass is 16.4. The van der Waals surface area contributed by atoms with Gasteiger partial charge in [0.2, 0.25) is 0 Å². The molecule has 0 bridgehead atoms. The van der Waals surface area contributed by atoms with Gasteiger partial charge in [0.15, 0.2) is 0 Å². The van der Waals surface area contributed by atoms with Crippen LogP contribution in [0, 0.1) is 5.92 Å². The molecule has 2 N–H and O–H groups in total. The first kappa shape index (κ1) is 14.0. The predicted molar refractivity (Wildman–Crippen MR) is 72.7 cm³/mol. The molecule has 1 aliphatic heterocycles. The van der Waals surface area contributed by atoms with Crippen LogP contribution < -0.4 is 5.32 Å². The van der Waals surface area contributed by atoms with Gasteiger partial charge in [-0.1, -0.05) is 6.07 Å². The fourth-order valence-electron chi connectivity index (χ4n) is 2.49. The maximum absolute atomic E-state index is 11.2. The summed E-state index contributed by atoms with van der Waals surface area (Å²) >= 11 is 0. The molecular formula is C14H21N3O2. The molecule has 1 aromatic heterocycles. The lowest BCUT2D eigenvalue weighted by atomic mass is 10.1. The minimum Gasteiger partial charge on any atom is -0.481 e. The van der Waals surface area contributed by atoms with Crippen LogP contribution >= 0.6 is 0 Å². The second-order valence-electron chi connectivity index (χ2n) is 5.83. The zero-order chi connectivity index (χ0) is 13.9. The highest BCUT2D eigenvalue weighted by Gasteiger charge is 2.31. The summed E-state index contributed by atoms with van der Waals surface area (Å²) in [6, 6.07) is 3.93. The van der Waals surface area contributed by atoms with E-state index in [2.05, 4.69) is 29.0 Å². The number of rotatable bonds is 3. The Morgan fingerprint density at radius 1 is 1.63 bits per heavy atom. The van der Waals surface area contributed by atoms with Crippen molar-refractivity contribution in [2.24, 2.45) is 5.92 Å². The van der Waals surface area contributed by atoms with E-state index >= 15 is 0 Å². The Morgan fingerprint density at radius 2 is 2.42 bits per heavy atom. The number of hydrogen-bond acceptors (Lipinski definition) is 4. The highest BCUT2D eigenvalue weighted by Crippen LogP contribution is 2.16. The third-order valence-electron chi connectivity index (χ3n) is 3.40. The van der Waals surface area contributed by atoms with Crippen molar-refractivity contribution in [1.82, 2.24) is 15.2 Å². The minimum atomic E-state index is -0.735. The van der Waals surface area contributed by atoms with E-state index in [0.29, 0.717) is 13.1 Å². The van der Waals surface area contributed by atoms with Crippen LogP contribution in [0.4, 0.5) is 0 Å². The average molecular weight is 263 g/mol.